The van der Waals surface area contributed by atoms with Crippen LogP contribution in [0.1, 0.15) is 35.6 Å². The van der Waals surface area contributed by atoms with E-state index in [2.05, 4.69) is 39.6 Å². The predicted octanol–water partition coefficient (Wildman–Crippen LogP) is 2.82. The molecule has 19 heavy (non-hydrogen) atoms. The van der Waals surface area contributed by atoms with Gasteiger partial charge in [0, 0.05) is 36.9 Å². The zero-order valence-corrected chi connectivity index (χ0v) is 11.2. The van der Waals surface area contributed by atoms with Gasteiger partial charge in [0.1, 0.15) is 0 Å². The molecule has 1 fully saturated rings. The van der Waals surface area contributed by atoms with Crippen LogP contribution in [-0.4, -0.2) is 16.0 Å². The van der Waals surface area contributed by atoms with Crippen LogP contribution >= 0.6 is 0 Å². The first-order chi connectivity index (χ1) is 9.31. The Bertz CT molecular complexity index is 533. The fourth-order valence-electron chi connectivity index (χ4n) is 2.67. The molecule has 3 nitrogen and oxygen atoms in total. The van der Waals surface area contributed by atoms with Crippen LogP contribution in [0.15, 0.2) is 42.9 Å². The first-order valence-electron chi connectivity index (χ1n) is 6.86. The van der Waals surface area contributed by atoms with Crippen molar-refractivity contribution >= 4 is 0 Å². The molecule has 0 aromatic carbocycles. The molecule has 1 N–H and O–H groups in total. The normalized spacial score (nSPS) is 21.9. The second-order valence-corrected chi connectivity index (χ2v) is 5.33. The van der Waals surface area contributed by atoms with Crippen LogP contribution in [0, 0.1) is 6.92 Å². The maximum absolute atomic E-state index is 4.22. The number of aryl methyl sites for hydroxylation is 1. The zero-order chi connectivity index (χ0) is 13.1. The maximum Gasteiger partial charge on any atom is 0.0375 e. The molecule has 0 atom stereocenters. The van der Waals surface area contributed by atoms with Crippen molar-refractivity contribution < 1.29 is 0 Å². The summed E-state index contributed by atoms with van der Waals surface area (Å²) < 4.78 is 0. The van der Waals surface area contributed by atoms with Gasteiger partial charge < -0.3 is 5.32 Å². The van der Waals surface area contributed by atoms with Gasteiger partial charge in [0.25, 0.3) is 0 Å². The molecule has 3 heteroatoms. The summed E-state index contributed by atoms with van der Waals surface area (Å²) in [6.07, 6.45) is 8.11. The molecule has 2 aromatic rings. The van der Waals surface area contributed by atoms with Crippen LogP contribution in [0.2, 0.25) is 0 Å². The first kappa shape index (κ1) is 12.3. The van der Waals surface area contributed by atoms with E-state index in [1.165, 1.54) is 24.0 Å². The molecule has 0 bridgehead atoms. The van der Waals surface area contributed by atoms with Crippen molar-refractivity contribution in [1.82, 2.24) is 15.3 Å². The number of nitrogens with zero attached hydrogens (tertiary/aromatic N) is 2. The van der Waals surface area contributed by atoms with Crippen LogP contribution in [0.4, 0.5) is 0 Å². The third-order valence-electron chi connectivity index (χ3n) is 3.87. The second-order valence-electron chi connectivity index (χ2n) is 5.33. The SMILES string of the molecule is Cc1cc(CNC2CC(c3ccncc3)C2)ccn1. The molecule has 98 valence electrons. The van der Waals surface area contributed by atoms with Crippen molar-refractivity contribution in [2.45, 2.75) is 38.3 Å². The van der Waals surface area contributed by atoms with Gasteiger partial charge in [-0.15, -0.1) is 0 Å². The van der Waals surface area contributed by atoms with Crippen molar-refractivity contribution in [3.8, 4) is 0 Å². The smallest absolute Gasteiger partial charge is 0.0375 e. The van der Waals surface area contributed by atoms with Gasteiger partial charge >= 0.3 is 0 Å². The number of nitrogens with one attached hydrogen (secondary N) is 1. The summed E-state index contributed by atoms with van der Waals surface area (Å²) >= 11 is 0. The fraction of sp³-hybridized carbons (Fsp3) is 0.375. The lowest BCUT2D eigenvalue weighted by Crippen LogP contribution is -2.39. The first-order valence-corrected chi connectivity index (χ1v) is 6.86. The highest BCUT2D eigenvalue weighted by Gasteiger charge is 2.29. The Morgan fingerprint density at radius 3 is 2.68 bits per heavy atom. The third kappa shape index (κ3) is 2.99. The minimum Gasteiger partial charge on any atom is -0.310 e. The largest absolute Gasteiger partial charge is 0.310 e. The molecule has 0 unspecified atom stereocenters. The molecule has 3 rings (SSSR count). The van der Waals surface area contributed by atoms with Crippen molar-refractivity contribution in [3.63, 3.8) is 0 Å². The van der Waals surface area contributed by atoms with E-state index in [4.69, 9.17) is 0 Å². The Labute approximate surface area is 114 Å². The standard InChI is InChI=1S/C16H19N3/c1-12-8-13(2-7-18-12)11-19-16-9-15(10-16)14-3-5-17-6-4-14/h2-8,15-16,19H,9-11H2,1H3. The average molecular weight is 253 g/mol. The highest BCUT2D eigenvalue weighted by molar-refractivity contribution is 5.20. The minimum absolute atomic E-state index is 0.645. The second kappa shape index (κ2) is 5.49. The van der Waals surface area contributed by atoms with Gasteiger partial charge in [-0.3, -0.25) is 9.97 Å². The van der Waals surface area contributed by atoms with Gasteiger partial charge in [0.15, 0.2) is 0 Å². The summed E-state index contributed by atoms with van der Waals surface area (Å²) in [6, 6.07) is 9.14. The maximum atomic E-state index is 4.22. The lowest BCUT2D eigenvalue weighted by Gasteiger charge is -2.36. The van der Waals surface area contributed by atoms with E-state index >= 15 is 0 Å². The average Bonchev–Trinajstić information content (AvgIpc) is 2.38. The van der Waals surface area contributed by atoms with E-state index in [-0.39, 0.29) is 0 Å². The monoisotopic (exact) mass is 253 g/mol. The molecule has 0 radical (unpaired) electrons. The predicted molar refractivity (Wildman–Crippen MR) is 75.8 cm³/mol. The van der Waals surface area contributed by atoms with E-state index in [1.807, 2.05) is 25.5 Å². The van der Waals surface area contributed by atoms with E-state index in [0.717, 1.165) is 12.2 Å². The van der Waals surface area contributed by atoms with Crippen LogP contribution in [-0.2, 0) is 6.54 Å². The minimum atomic E-state index is 0.645. The Hall–Kier alpha value is -1.74. The summed E-state index contributed by atoms with van der Waals surface area (Å²) in [6.45, 7) is 2.98. The lowest BCUT2D eigenvalue weighted by molar-refractivity contribution is 0.289. The number of hydrogen-bond donors (Lipinski definition) is 1. The molecule has 0 amide bonds. The number of aromatic nitrogens is 2. The highest BCUT2D eigenvalue weighted by atomic mass is 14.9. The summed E-state index contributed by atoms with van der Waals surface area (Å²) in [5, 5.41) is 3.62. The van der Waals surface area contributed by atoms with Crippen LogP contribution in [0.25, 0.3) is 0 Å². The molecule has 1 aliphatic rings. The van der Waals surface area contributed by atoms with E-state index in [1.54, 1.807) is 0 Å². The molecular formula is C16H19N3. The van der Waals surface area contributed by atoms with Crippen LogP contribution < -0.4 is 5.32 Å². The lowest BCUT2D eigenvalue weighted by atomic mass is 9.76. The molecule has 1 aliphatic carbocycles. The quantitative estimate of drug-likeness (QED) is 0.910. The Balaban J connectivity index is 1.47. The topological polar surface area (TPSA) is 37.8 Å². The van der Waals surface area contributed by atoms with Gasteiger partial charge in [-0.05, 0) is 61.1 Å². The van der Waals surface area contributed by atoms with Gasteiger partial charge in [0.05, 0.1) is 0 Å². The summed E-state index contributed by atoms with van der Waals surface area (Å²) in [5.74, 6) is 0.708. The summed E-state index contributed by atoms with van der Waals surface area (Å²) in [4.78, 5) is 8.29. The molecular weight excluding hydrogens is 234 g/mol. The molecule has 0 spiro atoms. The number of hydrogen-bond acceptors (Lipinski definition) is 3. The van der Waals surface area contributed by atoms with Gasteiger partial charge in [-0.25, -0.2) is 0 Å². The molecule has 1 saturated carbocycles. The number of rotatable bonds is 4. The van der Waals surface area contributed by atoms with Gasteiger partial charge in [0.2, 0.25) is 0 Å². The third-order valence-corrected chi connectivity index (χ3v) is 3.87. The van der Waals surface area contributed by atoms with Crippen molar-refractivity contribution in [2.24, 2.45) is 0 Å². The van der Waals surface area contributed by atoms with Crippen molar-refractivity contribution in [1.29, 1.82) is 0 Å². The Morgan fingerprint density at radius 1 is 1.16 bits per heavy atom. The summed E-state index contributed by atoms with van der Waals surface area (Å²) in [5.41, 5.74) is 3.83. The number of pyridine rings is 2. The van der Waals surface area contributed by atoms with E-state index < -0.39 is 0 Å². The Morgan fingerprint density at radius 2 is 1.95 bits per heavy atom. The molecule has 0 aliphatic heterocycles. The highest BCUT2D eigenvalue weighted by Crippen LogP contribution is 2.36. The zero-order valence-electron chi connectivity index (χ0n) is 11.2. The van der Waals surface area contributed by atoms with E-state index in [0.29, 0.717) is 12.0 Å². The Kier molecular flexibility index (Phi) is 3.56. The van der Waals surface area contributed by atoms with Crippen LogP contribution in [0.5, 0.6) is 0 Å². The van der Waals surface area contributed by atoms with Crippen molar-refractivity contribution in [3.05, 3.63) is 59.7 Å². The molecule has 0 saturated heterocycles. The molecule has 2 heterocycles. The van der Waals surface area contributed by atoms with Gasteiger partial charge in [-0.1, -0.05) is 0 Å². The fourth-order valence-corrected chi connectivity index (χ4v) is 2.67. The van der Waals surface area contributed by atoms with Crippen LogP contribution in [0.3, 0.4) is 0 Å². The van der Waals surface area contributed by atoms with Gasteiger partial charge in [-0.2, -0.15) is 0 Å². The molecule has 2 aromatic heterocycles. The van der Waals surface area contributed by atoms with E-state index in [9.17, 15) is 0 Å². The summed E-state index contributed by atoms with van der Waals surface area (Å²) in [7, 11) is 0. The van der Waals surface area contributed by atoms with Crippen molar-refractivity contribution in [2.75, 3.05) is 0 Å².